The summed E-state index contributed by atoms with van der Waals surface area (Å²) >= 11 is 0. The summed E-state index contributed by atoms with van der Waals surface area (Å²) in [4.78, 5) is 11.2. The van der Waals surface area contributed by atoms with E-state index < -0.39 is 0 Å². The summed E-state index contributed by atoms with van der Waals surface area (Å²) in [6.45, 7) is 2.15. The van der Waals surface area contributed by atoms with Crippen LogP contribution in [0.15, 0.2) is 12.2 Å². The van der Waals surface area contributed by atoms with E-state index in [4.69, 9.17) is 4.74 Å². The van der Waals surface area contributed by atoms with Crippen LogP contribution in [0, 0.1) is 0 Å². The Morgan fingerprint density at radius 2 is 2.38 bits per heavy atom. The van der Waals surface area contributed by atoms with Gasteiger partial charge in [0.15, 0.2) is 0 Å². The molecule has 0 aliphatic carbocycles. The van der Waals surface area contributed by atoms with Crippen molar-refractivity contribution in [1.82, 2.24) is 0 Å². The van der Waals surface area contributed by atoms with Crippen LogP contribution < -0.4 is 0 Å². The maximum absolute atomic E-state index is 11.2. The highest BCUT2D eigenvalue weighted by Gasteiger charge is 2.13. The number of ether oxygens (including phenoxy) is 1. The molecule has 0 aromatic rings. The average molecular weight is 182 g/mol. The highest BCUT2D eigenvalue weighted by molar-refractivity contribution is 5.69. The predicted octanol–water partition coefficient (Wildman–Crippen LogP) is 2.83. The number of unbranched alkanes of at least 4 members (excludes halogenated alkanes) is 1. The number of hydrogen-bond acceptors (Lipinski definition) is 2. The van der Waals surface area contributed by atoms with Gasteiger partial charge in [0.2, 0.25) is 0 Å². The summed E-state index contributed by atoms with van der Waals surface area (Å²) in [7, 11) is 0. The lowest BCUT2D eigenvalue weighted by molar-refractivity contribution is -0.149. The smallest absolute Gasteiger partial charge is 0.306 e. The minimum absolute atomic E-state index is 0.0366. The first-order chi connectivity index (χ1) is 6.33. The van der Waals surface area contributed by atoms with Gasteiger partial charge in [0, 0.05) is 12.8 Å². The van der Waals surface area contributed by atoms with Gasteiger partial charge in [0.05, 0.1) is 0 Å². The number of carbonyl (C=O) groups excluding carboxylic acids is 1. The second-order valence-electron chi connectivity index (χ2n) is 3.50. The Kier molecular flexibility index (Phi) is 4.58. The van der Waals surface area contributed by atoms with E-state index in [-0.39, 0.29) is 12.1 Å². The lowest BCUT2D eigenvalue weighted by Crippen LogP contribution is -2.18. The van der Waals surface area contributed by atoms with E-state index in [2.05, 4.69) is 19.1 Å². The van der Waals surface area contributed by atoms with Gasteiger partial charge in [-0.1, -0.05) is 31.9 Å². The Morgan fingerprint density at radius 3 is 3.15 bits per heavy atom. The SMILES string of the molecule is CCCCC1C/C=C\CCC(=O)O1. The molecule has 1 heterocycles. The first-order valence-corrected chi connectivity index (χ1v) is 5.17. The van der Waals surface area contributed by atoms with Crippen molar-refractivity contribution in [2.45, 2.75) is 51.6 Å². The topological polar surface area (TPSA) is 26.3 Å². The van der Waals surface area contributed by atoms with Crippen molar-refractivity contribution in [1.29, 1.82) is 0 Å². The van der Waals surface area contributed by atoms with E-state index >= 15 is 0 Å². The Labute approximate surface area is 80.0 Å². The quantitative estimate of drug-likeness (QED) is 0.495. The summed E-state index contributed by atoms with van der Waals surface area (Å²) in [6, 6.07) is 0. The van der Waals surface area contributed by atoms with Crippen molar-refractivity contribution in [2.75, 3.05) is 0 Å². The van der Waals surface area contributed by atoms with Crippen LogP contribution >= 0.6 is 0 Å². The standard InChI is InChI=1S/C11H18O2/c1-2-3-7-10-8-5-4-6-9-11(12)13-10/h4-5,10H,2-3,6-9H2,1H3/b5-4-. The fraction of sp³-hybridized carbons (Fsp3) is 0.727. The molecule has 1 unspecified atom stereocenters. The number of rotatable bonds is 3. The normalized spacial score (nSPS) is 25.9. The van der Waals surface area contributed by atoms with Crippen molar-refractivity contribution in [3.63, 3.8) is 0 Å². The third-order valence-corrected chi connectivity index (χ3v) is 2.26. The van der Waals surface area contributed by atoms with Crippen LogP contribution in [0.4, 0.5) is 0 Å². The van der Waals surface area contributed by atoms with Crippen LogP contribution in [0.5, 0.6) is 0 Å². The summed E-state index contributed by atoms with van der Waals surface area (Å²) in [5, 5.41) is 0. The second-order valence-corrected chi connectivity index (χ2v) is 3.50. The molecule has 0 fully saturated rings. The molecule has 0 N–H and O–H groups in total. The van der Waals surface area contributed by atoms with Crippen molar-refractivity contribution in [2.24, 2.45) is 0 Å². The highest BCUT2D eigenvalue weighted by Crippen LogP contribution is 2.14. The van der Waals surface area contributed by atoms with Gasteiger partial charge in [0.1, 0.15) is 6.10 Å². The molecule has 13 heavy (non-hydrogen) atoms. The maximum atomic E-state index is 11.2. The Bertz CT molecular complexity index is 185. The number of cyclic esters (lactones) is 1. The van der Waals surface area contributed by atoms with Crippen molar-refractivity contribution < 1.29 is 9.53 Å². The fourth-order valence-electron chi connectivity index (χ4n) is 1.47. The van der Waals surface area contributed by atoms with Crippen LogP contribution in [0.25, 0.3) is 0 Å². The Hall–Kier alpha value is -0.790. The van der Waals surface area contributed by atoms with Gasteiger partial charge < -0.3 is 4.74 Å². The van der Waals surface area contributed by atoms with Crippen LogP contribution in [0.1, 0.15) is 45.4 Å². The minimum atomic E-state index is -0.0366. The first kappa shape index (κ1) is 10.3. The molecule has 0 spiro atoms. The van der Waals surface area contributed by atoms with Crippen molar-refractivity contribution in [3.8, 4) is 0 Å². The van der Waals surface area contributed by atoms with Crippen molar-refractivity contribution in [3.05, 3.63) is 12.2 Å². The number of hydrogen-bond donors (Lipinski definition) is 0. The first-order valence-electron chi connectivity index (χ1n) is 5.17. The molecule has 0 amide bonds. The van der Waals surface area contributed by atoms with Crippen LogP contribution in [0.3, 0.4) is 0 Å². The van der Waals surface area contributed by atoms with Gasteiger partial charge in [-0.15, -0.1) is 0 Å². The molecule has 2 nitrogen and oxygen atoms in total. The molecular weight excluding hydrogens is 164 g/mol. The molecule has 0 bridgehead atoms. The zero-order chi connectivity index (χ0) is 9.52. The molecule has 1 aliphatic heterocycles. The van der Waals surface area contributed by atoms with E-state index in [1.54, 1.807) is 0 Å². The van der Waals surface area contributed by atoms with Gasteiger partial charge in [-0.3, -0.25) is 4.79 Å². The van der Waals surface area contributed by atoms with Gasteiger partial charge in [0.25, 0.3) is 0 Å². The Morgan fingerprint density at radius 1 is 1.54 bits per heavy atom. The highest BCUT2D eigenvalue weighted by atomic mass is 16.5. The molecule has 1 atom stereocenters. The zero-order valence-corrected chi connectivity index (χ0v) is 8.29. The molecule has 1 rings (SSSR count). The summed E-state index contributed by atoms with van der Waals surface area (Å²) in [6.07, 6.45) is 9.93. The van der Waals surface area contributed by atoms with E-state index in [1.165, 1.54) is 0 Å². The third kappa shape index (κ3) is 4.11. The minimum Gasteiger partial charge on any atom is -0.462 e. The summed E-state index contributed by atoms with van der Waals surface area (Å²) in [5.74, 6) is -0.0366. The van der Waals surface area contributed by atoms with E-state index in [0.29, 0.717) is 6.42 Å². The molecule has 0 saturated carbocycles. The van der Waals surface area contributed by atoms with E-state index in [9.17, 15) is 4.79 Å². The average Bonchev–Trinajstić information content (AvgIpc) is 2.09. The fourth-order valence-corrected chi connectivity index (χ4v) is 1.47. The predicted molar refractivity (Wildman–Crippen MR) is 52.4 cm³/mol. The van der Waals surface area contributed by atoms with Crippen molar-refractivity contribution >= 4 is 5.97 Å². The molecule has 0 saturated heterocycles. The maximum Gasteiger partial charge on any atom is 0.306 e. The summed E-state index contributed by atoms with van der Waals surface area (Å²) in [5.41, 5.74) is 0. The van der Waals surface area contributed by atoms with Gasteiger partial charge >= 0.3 is 5.97 Å². The van der Waals surface area contributed by atoms with Gasteiger partial charge in [-0.05, 0) is 12.8 Å². The molecule has 74 valence electrons. The lowest BCUT2D eigenvalue weighted by atomic mass is 10.1. The van der Waals surface area contributed by atoms with Gasteiger partial charge in [-0.25, -0.2) is 0 Å². The number of allylic oxidation sites excluding steroid dienone is 1. The van der Waals surface area contributed by atoms with Crippen LogP contribution in [-0.2, 0) is 9.53 Å². The number of esters is 1. The lowest BCUT2D eigenvalue weighted by Gasteiger charge is -2.17. The second kappa shape index (κ2) is 5.79. The molecular formula is C11H18O2. The van der Waals surface area contributed by atoms with E-state index in [0.717, 1.165) is 32.1 Å². The zero-order valence-electron chi connectivity index (χ0n) is 8.29. The molecule has 2 heteroatoms. The third-order valence-electron chi connectivity index (χ3n) is 2.26. The van der Waals surface area contributed by atoms with Crippen LogP contribution in [-0.4, -0.2) is 12.1 Å². The Balaban J connectivity index is 2.37. The molecule has 0 aromatic carbocycles. The molecule has 1 aliphatic rings. The monoisotopic (exact) mass is 182 g/mol. The van der Waals surface area contributed by atoms with Crippen LogP contribution in [0.2, 0.25) is 0 Å². The molecule has 0 aromatic heterocycles. The summed E-state index contributed by atoms with van der Waals surface area (Å²) < 4.78 is 5.30. The largest absolute Gasteiger partial charge is 0.462 e. The molecule has 0 radical (unpaired) electrons. The number of carbonyl (C=O) groups is 1. The van der Waals surface area contributed by atoms with E-state index in [1.807, 2.05) is 0 Å². The van der Waals surface area contributed by atoms with Gasteiger partial charge in [-0.2, -0.15) is 0 Å².